The van der Waals surface area contributed by atoms with Crippen molar-refractivity contribution in [1.29, 1.82) is 0 Å². The summed E-state index contributed by atoms with van der Waals surface area (Å²) in [5.74, 6) is 0. The fourth-order valence-corrected chi connectivity index (χ4v) is 1.32. The smallest absolute Gasteiger partial charge is 0.429 e. The van der Waals surface area contributed by atoms with E-state index in [1.165, 1.54) is 0 Å². The summed E-state index contributed by atoms with van der Waals surface area (Å²) in [6, 6.07) is 0. The van der Waals surface area contributed by atoms with E-state index in [9.17, 15) is 9.59 Å². The highest BCUT2D eigenvalue weighted by atomic mass is 16.6. The van der Waals surface area contributed by atoms with Crippen LogP contribution in [0.1, 0.15) is 53.4 Å². The number of carbonyl (C=O) groups excluding carboxylic acids is 1. The van der Waals surface area contributed by atoms with E-state index >= 15 is 0 Å². The van der Waals surface area contributed by atoms with E-state index < -0.39 is 17.8 Å². The number of carboxylic acid groups (broad SMARTS) is 1. The Balaban J connectivity index is 4.29. The number of carbonyl (C=O) groups is 2. The van der Waals surface area contributed by atoms with Crippen molar-refractivity contribution in [3.63, 3.8) is 0 Å². The number of hydrogen-bond acceptors (Lipinski definition) is 3. The summed E-state index contributed by atoms with van der Waals surface area (Å²) in [6.45, 7) is 7.62. The van der Waals surface area contributed by atoms with Gasteiger partial charge in [0.25, 0.3) is 0 Å². The number of amides is 2. The zero-order valence-electron chi connectivity index (χ0n) is 11.7. The summed E-state index contributed by atoms with van der Waals surface area (Å²) in [5.41, 5.74) is 1.41. The molecule has 6 nitrogen and oxygen atoms in total. The van der Waals surface area contributed by atoms with Gasteiger partial charge in [-0.2, -0.15) is 0 Å². The van der Waals surface area contributed by atoms with E-state index in [0.29, 0.717) is 6.54 Å². The first-order valence-corrected chi connectivity index (χ1v) is 6.26. The van der Waals surface area contributed by atoms with Gasteiger partial charge in [0.15, 0.2) is 0 Å². The van der Waals surface area contributed by atoms with Crippen LogP contribution in [0.2, 0.25) is 0 Å². The molecule has 0 rings (SSSR count). The molecule has 106 valence electrons. The van der Waals surface area contributed by atoms with Gasteiger partial charge in [0.2, 0.25) is 0 Å². The first-order valence-electron chi connectivity index (χ1n) is 6.26. The molecule has 0 aromatic rings. The molecule has 0 saturated heterocycles. The first-order chi connectivity index (χ1) is 8.26. The summed E-state index contributed by atoms with van der Waals surface area (Å²) in [4.78, 5) is 22.3. The fraction of sp³-hybridized carbons (Fsp3) is 0.833. The van der Waals surface area contributed by atoms with Crippen molar-refractivity contribution in [2.45, 2.75) is 59.0 Å². The van der Waals surface area contributed by atoms with Crippen LogP contribution in [0.3, 0.4) is 0 Å². The molecule has 0 aliphatic heterocycles. The second kappa shape index (κ2) is 7.79. The molecule has 18 heavy (non-hydrogen) atoms. The average molecular weight is 260 g/mol. The van der Waals surface area contributed by atoms with Crippen LogP contribution >= 0.6 is 0 Å². The minimum atomic E-state index is -1.27. The van der Waals surface area contributed by atoms with Crippen molar-refractivity contribution >= 4 is 12.2 Å². The van der Waals surface area contributed by atoms with Crippen LogP contribution in [-0.2, 0) is 4.74 Å². The lowest BCUT2D eigenvalue weighted by Crippen LogP contribution is -2.48. The van der Waals surface area contributed by atoms with Crippen LogP contribution < -0.4 is 5.43 Å². The molecule has 2 amide bonds. The molecule has 0 saturated carbocycles. The van der Waals surface area contributed by atoms with Gasteiger partial charge < -0.3 is 9.84 Å². The number of hydrazine groups is 1. The minimum absolute atomic E-state index is 0.321. The molecular weight excluding hydrogens is 236 g/mol. The third-order valence-corrected chi connectivity index (χ3v) is 2.08. The number of rotatable bonds is 5. The fourth-order valence-electron chi connectivity index (χ4n) is 1.32. The van der Waals surface area contributed by atoms with Crippen LogP contribution in [0.15, 0.2) is 0 Å². The molecule has 0 aliphatic rings. The number of nitrogens with one attached hydrogen (secondary N) is 1. The monoisotopic (exact) mass is 260 g/mol. The maximum Gasteiger partial charge on any atom is 0.429 e. The Morgan fingerprint density at radius 2 is 1.83 bits per heavy atom. The molecule has 0 atom stereocenters. The highest BCUT2D eigenvalue weighted by Crippen LogP contribution is 2.10. The van der Waals surface area contributed by atoms with Gasteiger partial charge in [-0.05, 0) is 27.2 Å². The Bertz CT molecular complexity index is 274. The third kappa shape index (κ3) is 8.66. The van der Waals surface area contributed by atoms with Crippen LogP contribution in [0.5, 0.6) is 0 Å². The molecule has 6 heteroatoms. The van der Waals surface area contributed by atoms with Crippen molar-refractivity contribution in [3.05, 3.63) is 0 Å². The predicted molar refractivity (Wildman–Crippen MR) is 68.2 cm³/mol. The molecule has 0 unspecified atom stereocenters. The number of ether oxygens (including phenoxy) is 1. The minimum Gasteiger partial charge on any atom is -0.464 e. The van der Waals surface area contributed by atoms with E-state index in [1.54, 1.807) is 20.8 Å². The summed E-state index contributed by atoms with van der Waals surface area (Å²) < 4.78 is 5.12. The van der Waals surface area contributed by atoms with Crippen molar-refractivity contribution in [2.75, 3.05) is 6.54 Å². The van der Waals surface area contributed by atoms with Crippen LogP contribution in [0.4, 0.5) is 9.59 Å². The zero-order chi connectivity index (χ0) is 14.2. The highest BCUT2D eigenvalue weighted by molar-refractivity contribution is 5.73. The second-order valence-electron chi connectivity index (χ2n) is 5.11. The number of nitrogens with zero attached hydrogens (tertiary/aromatic N) is 1. The topological polar surface area (TPSA) is 78.9 Å². The Morgan fingerprint density at radius 1 is 1.22 bits per heavy atom. The quantitative estimate of drug-likeness (QED) is 0.588. The second-order valence-corrected chi connectivity index (χ2v) is 5.11. The van der Waals surface area contributed by atoms with Gasteiger partial charge in [0.05, 0.1) is 0 Å². The molecule has 0 fully saturated rings. The Kier molecular flexibility index (Phi) is 7.16. The van der Waals surface area contributed by atoms with E-state index in [1.807, 2.05) is 0 Å². The molecule has 0 aliphatic carbocycles. The molecule has 0 bridgehead atoms. The van der Waals surface area contributed by atoms with Crippen LogP contribution in [0, 0.1) is 0 Å². The van der Waals surface area contributed by atoms with Crippen molar-refractivity contribution in [2.24, 2.45) is 0 Å². The van der Waals surface area contributed by atoms with Gasteiger partial charge in [-0.1, -0.05) is 26.2 Å². The number of unbranched alkanes of at least 4 members (excludes halogenated alkanes) is 3. The van der Waals surface area contributed by atoms with E-state index in [4.69, 9.17) is 9.84 Å². The third-order valence-electron chi connectivity index (χ3n) is 2.08. The summed E-state index contributed by atoms with van der Waals surface area (Å²) in [7, 11) is 0. The van der Waals surface area contributed by atoms with Crippen molar-refractivity contribution in [3.8, 4) is 0 Å². The summed E-state index contributed by atoms with van der Waals surface area (Å²) in [6.07, 6.45) is 1.91. The van der Waals surface area contributed by atoms with Gasteiger partial charge in [-0.25, -0.2) is 20.0 Å². The Morgan fingerprint density at radius 3 is 2.28 bits per heavy atom. The Labute approximate surface area is 108 Å². The van der Waals surface area contributed by atoms with Gasteiger partial charge in [0, 0.05) is 6.54 Å². The lowest BCUT2D eigenvalue weighted by Gasteiger charge is -2.26. The molecular formula is C12H24N2O4. The standard InChI is InChI=1S/C12H24N2O4/c1-5-6-7-8-9-14(13-10(15)16)11(17)18-12(2,3)4/h13H,5-9H2,1-4H3,(H,15,16). The molecule has 0 radical (unpaired) electrons. The SMILES string of the molecule is CCCCCCN(NC(=O)O)C(=O)OC(C)(C)C. The van der Waals surface area contributed by atoms with Gasteiger partial charge in [-0.3, -0.25) is 0 Å². The van der Waals surface area contributed by atoms with Crippen LogP contribution in [-0.4, -0.2) is 34.4 Å². The largest absolute Gasteiger partial charge is 0.464 e. The molecule has 0 aromatic heterocycles. The van der Waals surface area contributed by atoms with Crippen molar-refractivity contribution < 1.29 is 19.4 Å². The predicted octanol–water partition coefficient (Wildman–Crippen LogP) is 2.99. The molecule has 0 spiro atoms. The molecule has 2 N–H and O–H groups in total. The Hall–Kier alpha value is -1.46. The van der Waals surface area contributed by atoms with Gasteiger partial charge >= 0.3 is 12.2 Å². The molecule has 0 aromatic carbocycles. The van der Waals surface area contributed by atoms with E-state index in [0.717, 1.165) is 30.7 Å². The van der Waals surface area contributed by atoms with Crippen molar-refractivity contribution in [1.82, 2.24) is 10.4 Å². The van der Waals surface area contributed by atoms with Gasteiger partial charge in [0.1, 0.15) is 5.60 Å². The maximum atomic E-state index is 11.7. The van der Waals surface area contributed by atoms with E-state index in [2.05, 4.69) is 12.3 Å². The zero-order valence-corrected chi connectivity index (χ0v) is 11.7. The average Bonchev–Trinajstić information content (AvgIpc) is 2.19. The maximum absolute atomic E-state index is 11.7. The lowest BCUT2D eigenvalue weighted by atomic mass is 10.2. The summed E-state index contributed by atoms with van der Waals surface area (Å²) in [5, 5.41) is 9.68. The van der Waals surface area contributed by atoms with E-state index in [-0.39, 0.29) is 0 Å². The molecule has 0 heterocycles. The first kappa shape index (κ1) is 16.5. The normalized spacial score (nSPS) is 10.9. The van der Waals surface area contributed by atoms with Gasteiger partial charge in [-0.15, -0.1) is 0 Å². The summed E-state index contributed by atoms with van der Waals surface area (Å²) >= 11 is 0. The highest BCUT2D eigenvalue weighted by Gasteiger charge is 2.23. The lowest BCUT2D eigenvalue weighted by molar-refractivity contribution is 0.0139. The number of hydrogen-bond donors (Lipinski definition) is 2. The van der Waals surface area contributed by atoms with Crippen LogP contribution in [0.25, 0.3) is 0 Å².